The van der Waals surface area contributed by atoms with Crippen LogP contribution in [0.3, 0.4) is 0 Å². The molecule has 0 amide bonds. The zero-order valence-electron chi connectivity index (χ0n) is 10.5. The molecule has 4 nitrogen and oxygen atoms in total. The lowest BCUT2D eigenvalue weighted by Crippen LogP contribution is -2.35. The van der Waals surface area contributed by atoms with Crippen molar-refractivity contribution in [3.8, 4) is 0 Å². The lowest BCUT2D eigenvalue weighted by Gasteiger charge is -2.23. The standard InChI is InChI=1S/C12H16F2N2O2S/c1-7-2-3-9(13)10(11(7)14)12(16-15)8-4-5-19(17,18)6-8/h2-3,8,12,16H,4-6,15H2,1H3. The molecule has 0 aromatic heterocycles. The van der Waals surface area contributed by atoms with Crippen LogP contribution in [0.2, 0.25) is 0 Å². The zero-order chi connectivity index (χ0) is 14.2. The Morgan fingerprint density at radius 3 is 2.63 bits per heavy atom. The summed E-state index contributed by atoms with van der Waals surface area (Å²) in [5, 5.41) is 0. The van der Waals surface area contributed by atoms with Crippen LogP contribution in [0.5, 0.6) is 0 Å². The van der Waals surface area contributed by atoms with Crippen LogP contribution < -0.4 is 11.3 Å². The van der Waals surface area contributed by atoms with Crippen LogP contribution in [-0.2, 0) is 9.84 Å². The second-order valence-corrected chi connectivity index (χ2v) is 7.13. The molecule has 1 aromatic rings. The maximum absolute atomic E-state index is 14.1. The van der Waals surface area contributed by atoms with E-state index >= 15 is 0 Å². The van der Waals surface area contributed by atoms with E-state index in [4.69, 9.17) is 5.84 Å². The van der Waals surface area contributed by atoms with Gasteiger partial charge in [0.2, 0.25) is 0 Å². The monoisotopic (exact) mass is 290 g/mol. The van der Waals surface area contributed by atoms with Gasteiger partial charge in [0.15, 0.2) is 9.84 Å². The van der Waals surface area contributed by atoms with E-state index in [2.05, 4.69) is 5.43 Å². The Morgan fingerprint density at radius 2 is 2.11 bits per heavy atom. The molecule has 0 radical (unpaired) electrons. The molecule has 7 heteroatoms. The smallest absolute Gasteiger partial charge is 0.150 e. The molecule has 2 atom stereocenters. The molecule has 1 aliphatic rings. The molecule has 0 saturated carbocycles. The van der Waals surface area contributed by atoms with E-state index < -0.39 is 33.4 Å². The van der Waals surface area contributed by atoms with Crippen LogP contribution in [0.15, 0.2) is 12.1 Å². The van der Waals surface area contributed by atoms with Crippen molar-refractivity contribution in [3.05, 3.63) is 34.9 Å². The molecule has 2 rings (SSSR count). The fourth-order valence-corrected chi connectivity index (χ4v) is 4.35. The molecular formula is C12H16F2N2O2S. The van der Waals surface area contributed by atoms with Crippen molar-refractivity contribution in [2.24, 2.45) is 11.8 Å². The summed E-state index contributed by atoms with van der Waals surface area (Å²) in [5.41, 5.74) is 2.49. The van der Waals surface area contributed by atoms with Gasteiger partial charge >= 0.3 is 0 Å². The predicted molar refractivity (Wildman–Crippen MR) is 67.9 cm³/mol. The minimum Gasteiger partial charge on any atom is -0.271 e. The van der Waals surface area contributed by atoms with Crippen LogP contribution in [0.4, 0.5) is 8.78 Å². The number of nitrogens with two attached hydrogens (primary N) is 1. The second kappa shape index (κ2) is 5.15. The van der Waals surface area contributed by atoms with Crippen molar-refractivity contribution >= 4 is 9.84 Å². The van der Waals surface area contributed by atoms with Gasteiger partial charge in [-0.25, -0.2) is 17.2 Å². The summed E-state index contributed by atoms with van der Waals surface area (Å²) < 4.78 is 50.8. The molecule has 0 spiro atoms. The van der Waals surface area contributed by atoms with Crippen LogP contribution >= 0.6 is 0 Å². The highest BCUT2D eigenvalue weighted by Gasteiger charge is 2.36. The van der Waals surface area contributed by atoms with Crippen molar-refractivity contribution < 1.29 is 17.2 Å². The van der Waals surface area contributed by atoms with Gasteiger partial charge in [-0.1, -0.05) is 6.07 Å². The first kappa shape index (κ1) is 14.4. The molecule has 19 heavy (non-hydrogen) atoms. The summed E-state index contributed by atoms with van der Waals surface area (Å²) in [6.45, 7) is 1.53. The normalized spacial score (nSPS) is 23.5. The molecule has 106 valence electrons. The van der Waals surface area contributed by atoms with E-state index in [0.29, 0.717) is 12.0 Å². The zero-order valence-corrected chi connectivity index (χ0v) is 11.3. The van der Waals surface area contributed by atoms with E-state index in [0.717, 1.165) is 0 Å². The number of benzene rings is 1. The number of sulfone groups is 1. The van der Waals surface area contributed by atoms with Gasteiger partial charge in [-0.2, -0.15) is 0 Å². The van der Waals surface area contributed by atoms with Gasteiger partial charge in [0.25, 0.3) is 0 Å². The molecule has 3 N–H and O–H groups in total. The number of nitrogens with one attached hydrogen (secondary N) is 1. The van der Waals surface area contributed by atoms with Gasteiger partial charge < -0.3 is 0 Å². The van der Waals surface area contributed by atoms with Crippen molar-refractivity contribution in [3.63, 3.8) is 0 Å². The molecule has 1 aliphatic heterocycles. The Balaban J connectivity index is 2.41. The summed E-state index contributed by atoms with van der Waals surface area (Å²) in [7, 11) is -3.13. The third-order valence-electron chi connectivity index (χ3n) is 3.55. The summed E-state index contributed by atoms with van der Waals surface area (Å²) in [6, 6.07) is 1.67. The number of hydrogen-bond donors (Lipinski definition) is 2. The van der Waals surface area contributed by atoms with Gasteiger partial charge in [0.05, 0.1) is 17.5 Å². The topological polar surface area (TPSA) is 72.2 Å². The van der Waals surface area contributed by atoms with Gasteiger partial charge in [-0.15, -0.1) is 0 Å². The minimum atomic E-state index is -3.13. The predicted octanol–water partition coefficient (Wildman–Crippen LogP) is 1.21. The average Bonchev–Trinajstić information content (AvgIpc) is 2.70. The Bertz CT molecular complexity index is 590. The number of hydrazine groups is 1. The third-order valence-corrected chi connectivity index (χ3v) is 5.34. The fourth-order valence-electron chi connectivity index (χ4n) is 2.51. The van der Waals surface area contributed by atoms with Gasteiger partial charge in [0, 0.05) is 5.56 Å². The van der Waals surface area contributed by atoms with Crippen molar-refractivity contribution in [2.75, 3.05) is 11.5 Å². The average molecular weight is 290 g/mol. The highest BCUT2D eigenvalue weighted by atomic mass is 32.2. The van der Waals surface area contributed by atoms with E-state index in [9.17, 15) is 17.2 Å². The SMILES string of the molecule is Cc1ccc(F)c(C(NN)C2CCS(=O)(=O)C2)c1F. The second-order valence-electron chi connectivity index (χ2n) is 4.90. The lowest BCUT2D eigenvalue weighted by molar-refractivity contribution is 0.370. The number of aryl methyl sites for hydroxylation is 1. The van der Waals surface area contributed by atoms with Crippen LogP contribution in [0.1, 0.15) is 23.6 Å². The molecule has 0 aliphatic carbocycles. The van der Waals surface area contributed by atoms with Crippen LogP contribution in [-0.4, -0.2) is 19.9 Å². The van der Waals surface area contributed by atoms with E-state index in [1.807, 2.05) is 0 Å². The van der Waals surface area contributed by atoms with Gasteiger partial charge in [0.1, 0.15) is 11.6 Å². The van der Waals surface area contributed by atoms with Crippen LogP contribution in [0, 0.1) is 24.5 Å². The van der Waals surface area contributed by atoms with Crippen molar-refractivity contribution in [1.29, 1.82) is 0 Å². The van der Waals surface area contributed by atoms with E-state index in [-0.39, 0.29) is 17.1 Å². The van der Waals surface area contributed by atoms with Gasteiger partial charge in [-0.05, 0) is 30.9 Å². The van der Waals surface area contributed by atoms with Gasteiger partial charge in [-0.3, -0.25) is 11.3 Å². The molecule has 0 bridgehead atoms. The summed E-state index contributed by atoms with van der Waals surface area (Å²) in [5.74, 6) is 3.51. The van der Waals surface area contributed by atoms with Crippen molar-refractivity contribution in [1.82, 2.24) is 5.43 Å². The molecular weight excluding hydrogens is 274 g/mol. The molecule has 1 fully saturated rings. The first-order valence-corrected chi connectivity index (χ1v) is 7.79. The Morgan fingerprint density at radius 1 is 1.42 bits per heavy atom. The highest BCUT2D eigenvalue weighted by Crippen LogP contribution is 2.34. The maximum atomic E-state index is 14.1. The minimum absolute atomic E-state index is 0.0326. The van der Waals surface area contributed by atoms with Crippen LogP contribution in [0.25, 0.3) is 0 Å². The first-order chi connectivity index (χ1) is 8.85. The maximum Gasteiger partial charge on any atom is 0.150 e. The lowest BCUT2D eigenvalue weighted by atomic mass is 9.91. The summed E-state index contributed by atoms with van der Waals surface area (Å²) in [4.78, 5) is 0. The molecule has 1 saturated heterocycles. The Hall–Kier alpha value is -1.05. The molecule has 1 aromatic carbocycles. The quantitative estimate of drug-likeness (QED) is 0.648. The van der Waals surface area contributed by atoms with E-state index in [1.165, 1.54) is 19.1 Å². The first-order valence-electron chi connectivity index (χ1n) is 5.97. The Labute approximate surface area is 110 Å². The summed E-state index contributed by atoms with van der Waals surface area (Å²) >= 11 is 0. The number of hydrogen-bond acceptors (Lipinski definition) is 4. The molecule has 1 heterocycles. The summed E-state index contributed by atoms with van der Waals surface area (Å²) in [6.07, 6.45) is 0.351. The fraction of sp³-hybridized carbons (Fsp3) is 0.500. The molecule has 2 unspecified atom stereocenters. The largest absolute Gasteiger partial charge is 0.271 e. The van der Waals surface area contributed by atoms with E-state index in [1.54, 1.807) is 0 Å². The van der Waals surface area contributed by atoms with Crippen molar-refractivity contribution in [2.45, 2.75) is 19.4 Å². The number of halogens is 2. The third kappa shape index (κ3) is 2.77. The highest BCUT2D eigenvalue weighted by molar-refractivity contribution is 7.91. The number of rotatable bonds is 3. The Kier molecular flexibility index (Phi) is 3.89.